The number of nitrogens with zero attached hydrogens (tertiary/aromatic N) is 23. The molecule has 12 N–H and O–H groups in total. The number of anilines is 7. The van der Waals surface area contributed by atoms with Gasteiger partial charge in [0.25, 0.3) is 22.2 Å². The number of carboxylic acid groups (broad SMARTS) is 7. The average molecular weight is 2040 g/mol. The van der Waals surface area contributed by atoms with Crippen molar-refractivity contribution >= 4 is 128 Å². The Morgan fingerprint density at radius 2 is 0.741 bits per heavy atom. The summed E-state index contributed by atoms with van der Waals surface area (Å²) in [6.07, 6.45) is -16.0. The maximum Gasteiger partial charge on any atom is 0.490 e. The number of ether oxygens (including phenoxy) is 1. The van der Waals surface area contributed by atoms with Gasteiger partial charge in [0.15, 0.2) is 44.7 Å². The molecule has 15 rings (SSSR count). The van der Waals surface area contributed by atoms with Crippen molar-refractivity contribution in [1.82, 2.24) is 103 Å². The first-order valence-electron chi connectivity index (χ1n) is 43.4. The molecular weight excluding hydrogens is 1930 g/mol. The molecule has 0 amide bonds. The quantitative estimate of drug-likeness (QED) is 0.0432. The monoisotopic (exact) mass is 2030 g/mol. The van der Waals surface area contributed by atoms with Crippen molar-refractivity contribution in [3.8, 4) is 53.4 Å². The number of hydrogen-bond acceptors (Lipinski definition) is 32. The van der Waals surface area contributed by atoms with Crippen LogP contribution in [0.15, 0.2) is 43.6 Å². The van der Waals surface area contributed by atoms with E-state index in [2.05, 4.69) is 128 Å². The fraction of sp³-hybridized carbons (Fsp3) is 0.524. The van der Waals surface area contributed by atoms with Gasteiger partial charge in [0.1, 0.15) is 18.7 Å². The fourth-order valence-corrected chi connectivity index (χ4v) is 14.5. The minimum absolute atomic E-state index is 0.167. The molecule has 6 aliphatic heterocycles. The number of piperidine rings is 1. The molecule has 6 aliphatic rings. The first-order chi connectivity index (χ1) is 67.4. The van der Waals surface area contributed by atoms with Crippen molar-refractivity contribution in [3.05, 3.63) is 71.5 Å². The van der Waals surface area contributed by atoms with Gasteiger partial charge in [-0.2, -0.15) is 92.6 Å². The second-order valence-electron chi connectivity index (χ2n) is 31.3. The molecule has 0 bridgehead atoms. The molecule has 6 saturated heterocycles. The summed E-state index contributed by atoms with van der Waals surface area (Å²) in [5, 5.41) is 72.5. The van der Waals surface area contributed by atoms with Gasteiger partial charge in [0.05, 0.1) is 37.8 Å². The van der Waals surface area contributed by atoms with Crippen molar-refractivity contribution in [2.75, 3.05) is 159 Å². The molecule has 6 fully saturated rings. The highest BCUT2D eigenvalue weighted by Gasteiger charge is 2.42. The van der Waals surface area contributed by atoms with E-state index in [9.17, 15) is 96.5 Å². The van der Waals surface area contributed by atoms with Crippen LogP contribution in [-0.4, -0.2) is 320 Å². The van der Waals surface area contributed by atoms with E-state index in [1.807, 2.05) is 36.8 Å². The maximum atomic E-state index is 13.3. The number of carboxylic acids is 7. The summed E-state index contributed by atoms with van der Waals surface area (Å²) < 4.78 is 146. The highest BCUT2D eigenvalue weighted by atomic mass is 19.4. The van der Waals surface area contributed by atoms with Gasteiger partial charge in [-0.15, -0.1) is 23.7 Å². The summed E-state index contributed by atoms with van der Waals surface area (Å²) >= 11 is 0. The Bertz CT molecular complexity index is 6480. The van der Waals surface area contributed by atoms with Crippen LogP contribution < -0.4 is 83.0 Å². The van der Waals surface area contributed by atoms with Gasteiger partial charge in [-0.3, -0.25) is 70.3 Å². The van der Waals surface area contributed by atoms with E-state index in [0.29, 0.717) is 127 Å². The predicted molar refractivity (Wildman–Crippen MR) is 490 cm³/mol. The van der Waals surface area contributed by atoms with Gasteiger partial charge < -0.3 is 96.5 Å². The van der Waals surface area contributed by atoms with Crippen LogP contribution in [0.4, 0.5) is 94.3 Å². The van der Waals surface area contributed by atoms with Crippen LogP contribution >= 0.6 is 0 Å². The molecule has 9 aromatic heterocycles. The molecule has 9 aromatic rings. The molecule has 59 heteroatoms. The zero-order valence-electron chi connectivity index (χ0n) is 78.2. The normalized spacial score (nSPS) is 16.0. The average Bonchev–Trinajstić information content (AvgIpc) is 1.63. The van der Waals surface area contributed by atoms with Gasteiger partial charge in [-0.1, -0.05) is 29.7 Å². The molecule has 776 valence electrons. The number of carbonyl (C=O) groups is 7. The van der Waals surface area contributed by atoms with E-state index in [1.54, 1.807) is 71.5 Å². The van der Waals surface area contributed by atoms with E-state index in [1.165, 1.54) is 25.2 Å². The number of aliphatic carboxylic acids is 7. The summed E-state index contributed by atoms with van der Waals surface area (Å²) in [7, 11) is 6.52. The molecule has 0 radical (unpaired) electrons. The molecule has 0 spiro atoms. The van der Waals surface area contributed by atoms with Crippen LogP contribution in [0.2, 0.25) is 0 Å². The van der Waals surface area contributed by atoms with E-state index in [-0.39, 0.29) is 46.4 Å². The van der Waals surface area contributed by atoms with Gasteiger partial charge in [0.2, 0.25) is 41.6 Å². The van der Waals surface area contributed by atoms with E-state index >= 15 is 0 Å². The smallest absolute Gasteiger partial charge is 0.481 e. The Labute approximate surface area is 802 Å². The molecule has 0 saturated carbocycles. The number of pyridine rings is 1. The number of aromatic nitrogens is 17. The molecule has 0 aromatic carbocycles. The van der Waals surface area contributed by atoms with Crippen molar-refractivity contribution < 1.29 is 127 Å². The van der Waals surface area contributed by atoms with Gasteiger partial charge in [-0.25, -0.2) is 24.0 Å². The van der Waals surface area contributed by atoms with Gasteiger partial charge in [-0.05, 0) is 72.4 Å². The van der Waals surface area contributed by atoms with Crippen LogP contribution in [0.25, 0.3) is 44.7 Å². The summed E-state index contributed by atoms with van der Waals surface area (Å²) in [5.74, 6) is 13.1. The molecule has 2 unspecified atom stereocenters. The zero-order chi connectivity index (χ0) is 106. The predicted octanol–water partition coefficient (Wildman–Crippen LogP) is 2.00. The molecule has 15 heterocycles. The number of imidazole rings is 4. The Hall–Kier alpha value is -15.5. The lowest BCUT2D eigenvalue weighted by Gasteiger charge is -2.32. The van der Waals surface area contributed by atoms with E-state index in [4.69, 9.17) is 59.4 Å². The highest BCUT2D eigenvalue weighted by molar-refractivity contribution is 5.83. The second kappa shape index (κ2) is 50.6. The van der Waals surface area contributed by atoms with Gasteiger partial charge >= 0.3 is 72.5 Å². The number of hydrogen-bond donors (Lipinski definition) is 12. The van der Waals surface area contributed by atoms with E-state index < -0.39 is 84.5 Å². The lowest BCUT2D eigenvalue weighted by molar-refractivity contribution is -0.193. The van der Waals surface area contributed by atoms with Crippen molar-refractivity contribution in [1.29, 1.82) is 0 Å². The standard InChI is InChI=1S/C20H27N7O3.C20H23N7O2.C19H25N7O3.C17H23N7O3.4C2HF3O2/c1-3-4-10-27-15-16(23-20(27)25-11-7-21-8-12-25)22-19(24(2)17(15)28)26-9-5-6-14(13-26)18(29)30;1-3-4-11-27-16-17(23-19(27)26-12-9-21-10-13-26)24-20(25(2)18(16)28)29-14-15-7-5-6-8-22-15;1-3-4-9-26-14-15(22-19(26)24-11-7-20-8-12-24)21-18(23(2)16(14)27)25-10-5-6-13(25)17(28)29;1-4-5-8-24-12-13(21-17(24)23-9-6-18-7-10-23)20-16(22(3)14(12)25)19-11(2)15(26)27;4*3-2(4,5)1(6)7/h14,21H,5-13H2,1-2H3,(H,29,30);5-8,21H,9-14H2,1-2H3;13,20H,5-12H2,1-2H3,(H,28,29);11,18H,6-10H2,1-3H3,(H,19,20)(H,26,27);4*(H,6,7)/t;;13-;;;;;/m..1...../s1. The minimum atomic E-state index is -5.08. The third-order valence-corrected chi connectivity index (χ3v) is 21.6. The molecule has 3 atom stereocenters. The lowest BCUT2D eigenvalue weighted by atomic mass is 9.99. The summed E-state index contributed by atoms with van der Waals surface area (Å²) in [6, 6.07) is 4.24. The molecular formula is C84H102F12N28O19. The minimum Gasteiger partial charge on any atom is -0.481 e. The Morgan fingerprint density at radius 1 is 0.420 bits per heavy atom. The first-order valence-corrected chi connectivity index (χ1v) is 43.4. The van der Waals surface area contributed by atoms with Crippen LogP contribution in [-0.2, 0) is 94.5 Å². The van der Waals surface area contributed by atoms with Crippen LogP contribution in [0.3, 0.4) is 0 Å². The van der Waals surface area contributed by atoms with Crippen LogP contribution in [0, 0.1) is 53.3 Å². The molecule has 0 aliphatic carbocycles. The number of alkyl halides is 12. The van der Waals surface area contributed by atoms with Crippen molar-refractivity contribution in [3.63, 3.8) is 0 Å². The lowest BCUT2D eigenvalue weighted by Crippen LogP contribution is -2.44. The summed E-state index contributed by atoms with van der Waals surface area (Å²) in [5.41, 5.74) is 2.82. The first kappa shape index (κ1) is 113. The Balaban J connectivity index is 0.000000213. The summed E-state index contributed by atoms with van der Waals surface area (Å²) in [4.78, 5) is 176. The number of halogens is 12. The zero-order valence-corrected chi connectivity index (χ0v) is 78.2. The Kier molecular flexibility index (Phi) is 39.9. The SMILES string of the molecule is CC#CCn1c(N2CCNCC2)nc2nc(N3CCCC(C(=O)O)C3)n(C)c(=O)c21.CC#CCn1c(N2CCNCC2)nc2nc(N3CCC[C@@H]3C(=O)O)n(C)c(=O)c21.CC#CCn1c(N2CCNCC2)nc2nc(NC(C)C(=O)O)n(C)c(=O)c21.CC#CCn1c(N2CCNCC2)nc2nc(OCc3ccccn3)n(C)c(=O)c21.O=C(O)C(F)(F)F.O=C(O)C(F)(F)F.O=C(O)C(F)(F)F.O=C(O)C(F)(F)F. The largest absolute Gasteiger partial charge is 0.490 e. The fourth-order valence-electron chi connectivity index (χ4n) is 14.5. The maximum absolute atomic E-state index is 13.3. The van der Waals surface area contributed by atoms with E-state index in [0.717, 1.165) is 129 Å². The van der Waals surface area contributed by atoms with Gasteiger partial charge in [0, 0.05) is 159 Å². The summed E-state index contributed by atoms with van der Waals surface area (Å²) in [6.45, 7) is 24.9. The molecule has 47 nitrogen and oxygen atoms in total. The highest BCUT2D eigenvalue weighted by Crippen LogP contribution is 2.31. The van der Waals surface area contributed by atoms with Crippen LogP contribution in [0.1, 0.15) is 66.0 Å². The topological polar surface area (TPSA) is 574 Å². The number of nitrogens with one attached hydrogen (secondary N) is 5. The number of rotatable bonds is 18. The Morgan fingerprint density at radius 3 is 1.07 bits per heavy atom. The third kappa shape index (κ3) is 29.6. The van der Waals surface area contributed by atoms with Crippen molar-refractivity contribution in [2.24, 2.45) is 34.1 Å². The number of piperazine rings is 4. The molecule has 143 heavy (non-hydrogen) atoms. The third-order valence-electron chi connectivity index (χ3n) is 21.6. The number of fused-ring (bicyclic) bond motifs is 4. The van der Waals surface area contributed by atoms with Crippen LogP contribution in [0.5, 0.6) is 6.01 Å². The van der Waals surface area contributed by atoms with Crippen molar-refractivity contribution in [2.45, 2.75) is 130 Å². The second-order valence-corrected chi connectivity index (χ2v) is 31.3.